The number of anilines is 1. The zero-order valence-electron chi connectivity index (χ0n) is 11.2. The van der Waals surface area contributed by atoms with Crippen LogP contribution in [0.4, 0.5) is 5.69 Å². The average molecular weight is 302 g/mol. The molecule has 0 aliphatic rings. The smallest absolute Gasteiger partial charge is 0.189 e. The van der Waals surface area contributed by atoms with Gasteiger partial charge < -0.3 is 10.5 Å². The van der Waals surface area contributed by atoms with Crippen molar-refractivity contribution in [2.24, 2.45) is 0 Å². The molecular weight excluding hydrogens is 290 g/mol. The first-order valence-corrected chi connectivity index (χ1v) is 6.55. The van der Waals surface area contributed by atoms with Crippen molar-refractivity contribution < 1.29 is 4.74 Å². The minimum atomic E-state index is 0.513. The second-order valence-electron chi connectivity index (χ2n) is 4.32. The molecule has 7 heteroatoms. The van der Waals surface area contributed by atoms with E-state index in [9.17, 15) is 0 Å². The first-order chi connectivity index (χ1) is 10.2. The van der Waals surface area contributed by atoms with E-state index in [-0.39, 0.29) is 0 Å². The van der Waals surface area contributed by atoms with Crippen molar-refractivity contribution in [1.29, 1.82) is 0 Å². The second-order valence-corrected chi connectivity index (χ2v) is 4.73. The highest BCUT2D eigenvalue weighted by Gasteiger charge is 2.15. The van der Waals surface area contributed by atoms with E-state index in [0.29, 0.717) is 28.0 Å². The van der Waals surface area contributed by atoms with Crippen LogP contribution >= 0.6 is 11.6 Å². The molecule has 3 aromatic rings. The van der Waals surface area contributed by atoms with Crippen LogP contribution in [0.2, 0.25) is 5.02 Å². The minimum absolute atomic E-state index is 0.513. The molecule has 0 aliphatic carbocycles. The predicted molar refractivity (Wildman–Crippen MR) is 80.6 cm³/mol. The Labute approximate surface area is 126 Å². The van der Waals surface area contributed by atoms with Gasteiger partial charge in [-0.3, -0.25) is 0 Å². The van der Waals surface area contributed by atoms with Gasteiger partial charge in [0.2, 0.25) is 0 Å². The van der Waals surface area contributed by atoms with Gasteiger partial charge in [0.1, 0.15) is 5.75 Å². The van der Waals surface area contributed by atoms with Crippen LogP contribution < -0.4 is 10.5 Å². The molecule has 0 amide bonds. The number of nitrogens with zero attached hydrogens (tertiary/aromatic N) is 4. The summed E-state index contributed by atoms with van der Waals surface area (Å²) in [4.78, 5) is 0. The van der Waals surface area contributed by atoms with Crippen molar-refractivity contribution in [3.8, 4) is 22.8 Å². The number of halogens is 1. The Morgan fingerprint density at radius 2 is 2.00 bits per heavy atom. The fourth-order valence-electron chi connectivity index (χ4n) is 2.00. The average Bonchev–Trinajstić information content (AvgIpc) is 2.97. The Balaban J connectivity index is 2.18. The normalized spacial score (nSPS) is 10.6. The first kappa shape index (κ1) is 13.4. The van der Waals surface area contributed by atoms with E-state index in [1.807, 2.05) is 18.2 Å². The zero-order chi connectivity index (χ0) is 14.8. The fourth-order valence-corrected chi connectivity index (χ4v) is 2.20. The van der Waals surface area contributed by atoms with Crippen molar-refractivity contribution in [2.45, 2.75) is 0 Å². The molecule has 0 unspecified atom stereocenters. The Morgan fingerprint density at radius 3 is 2.76 bits per heavy atom. The number of benzene rings is 2. The van der Waals surface area contributed by atoms with Gasteiger partial charge in [0.15, 0.2) is 5.82 Å². The molecule has 0 bridgehead atoms. The van der Waals surface area contributed by atoms with Crippen LogP contribution in [0, 0.1) is 0 Å². The summed E-state index contributed by atoms with van der Waals surface area (Å²) in [7, 11) is 1.59. The molecule has 106 valence electrons. The highest BCUT2D eigenvalue weighted by molar-refractivity contribution is 6.32. The number of tetrazole rings is 1. The molecule has 3 rings (SSSR count). The molecule has 2 N–H and O–H groups in total. The van der Waals surface area contributed by atoms with E-state index in [2.05, 4.69) is 15.5 Å². The highest BCUT2D eigenvalue weighted by atomic mass is 35.5. The summed E-state index contributed by atoms with van der Waals surface area (Å²) in [5.74, 6) is 1.18. The van der Waals surface area contributed by atoms with Crippen molar-refractivity contribution in [2.75, 3.05) is 12.8 Å². The van der Waals surface area contributed by atoms with Gasteiger partial charge in [-0.15, -0.1) is 5.10 Å². The van der Waals surface area contributed by atoms with Gasteiger partial charge in [-0.1, -0.05) is 23.7 Å². The van der Waals surface area contributed by atoms with Crippen LogP contribution in [-0.2, 0) is 0 Å². The number of nitrogen functional groups attached to an aromatic ring is 1. The SMILES string of the molecule is COc1ccc(Cl)c(-n2nnnc2-c2ccccc2N)c1. The molecule has 0 saturated heterocycles. The lowest BCUT2D eigenvalue weighted by atomic mass is 10.1. The van der Waals surface area contributed by atoms with Gasteiger partial charge in [0, 0.05) is 17.3 Å². The third-order valence-corrected chi connectivity index (χ3v) is 3.37. The molecule has 0 spiro atoms. The highest BCUT2D eigenvalue weighted by Crippen LogP contribution is 2.30. The van der Waals surface area contributed by atoms with Crippen molar-refractivity contribution in [1.82, 2.24) is 20.2 Å². The van der Waals surface area contributed by atoms with Crippen molar-refractivity contribution in [3.63, 3.8) is 0 Å². The number of rotatable bonds is 3. The van der Waals surface area contributed by atoms with E-state index in [4.69, 9.17) is 22.1 Å². The number of methoxy groups -OCH3 is 1. The largest absolute Gasteiger partial charge is 0.497 e. The Bertz CT molecular complexity index is 787. The molecule has 1 heterocycles. The van der Waals surface area contributed by atoms with Crippen LogP contribution in [0.1, 0.15) is 0 Å². The molecular formula is C14H12ClN5O. The van der Waals surface area contributed by atoms with Crippen LogP contribution in [0.3, 0.4) is 0 Å². The lowest BCUT2D eigenvalue weighted by Gasteiger charge is -2.09. The Hall–Kier alpha value is -2.60. The van der Waals surface area contributed by atoms with Crippen LogP contribution in [0.5, 0.6) is 5.75 Å². The minimum Gasteiger partial charge on any atom is -0.497 e. The molecule has 2 aromatic carbocycles. The predicted octanol–water partition coefficient (Wildman–Crippen LogP) is 2.57. The molecule has 1 aromatic heterocycles. The summed E-state index contributed by atoms with van der Waals surface area (Å²) in [5.41, 5.74) is 7.94. The maximum atomic E-state index is 6.24. The van der Waals surface area contributed by atoms with Gasteiger partial charge in [0.05, 0.1) is 17.8 Å². The Morgan fingerprint density at radius 1 is 1.19 bits per heavy atom. The third-order valence-electron chi connectivity index (χ3n) is 3.05. The molecule has 21 heavy (non-hydrogen) atoms. The topological polar surface area (TPSA) is 78.8 Å². The number of hydrogen-bond donors (Lipinski definition) is 1. The number of hydrogen-bond acceptors (Lipinski definition) is 5. The monoisotopic (exact) mass is 301 g/mol. The third kappa shape index (κ3) is 2.41. The molecule has 0 saturated carbocycles. The lowest BCUT2D eigenvalue weighted by Crippen LogP contribution is -2.02. The van der Waals surface area contributed by atoms with Gasteiger partial charge in [-0.2, -0.15) is 4.68 Å². The molecule has 6 nitrogen and oxygen atoms in total. The molecule has 0 fully saturated rings. The van der Waals surface area contributed by atoms with Crippen LogP contribution in [0.15, 0.2) is 42.5 Å². The van der Waals surface area contributed by atoms with Gasteiger partial charge in [-0.25, -0.2) is 0 Å². The molecule has 0 aliphatic heterocycles. The van der Waals surface area contributed by atoms with Crippen LogP contribution in [-0.4, -0.2) is 27.3 Å². The lowest BCUT2D eigenvalue weighted by molar-refractivity contribution is 0.414. The number of ether oxygens (including phenoxy) is 1. The number of aromatic nitrogens is 4. The van der Waals surface area contributed by atoms with Gasteiger partial charge in [-0.05, 0) is 34.7 Å². The quantitative estimate of drug-likeness (QED) is 0.752. The van der Waals surface area contributed by atoms with Gasteiger partial charge >= 0.3 is 0 Å². The fraction of sp³-hybridized carbons (Fsp3) is 0.0714. The van der Waals surface area contributed by atoms with E-state index in [0.717, 1.165) is 5.56 Å². The van der Waals surface area contributed by atoms with E-state index >= 15 is 0 Å². The Kier molecular flexibility index (Phi) is 3.45. The summed E-state index contributed by atoms with van der Waals surface area (Å²) in [5, 5.41) is 12.3. The van der Waals surface area contributed by atoms with Crippen molar-refractivity contribution >= 4 is 17.3 Å². The number of nitrogens with two attached hydrogens (primary N) is 1. The second kappa shape index (κ2) is 5.41. The maximum Gasteiger partial charge on any atom is 0.189 e. The van der Waals surface area contributed by atoms with E-state index < -0.39 is 0 Å². The first-order valence-electron chi connectivity index (χ1n) is 6.18. The molecule has 0 radical (unpaired) electrons. The summed E-state index contributed by atoms with van der Waals surface area (Å²) in [6.45, 7) is 0. The summed E-state index contributed by atoms with van der Waals surface area (Å²) < 4.78 is 6.75. The zero-order valence-corrected chi connectivity index (χ0v) is 11.9. The van der Waals surface area contributed by atoms with E-state index in [1.165, 1.54) is 4.68 Å². The molecule has 0 atom stereocenters. The van der Waals surface area contributed by atoms with Gasteiger partial charge in [0.25, 0.3) is 0 Å². The summed E-state index contributed by atoms with van der Waals surface area (Å²) in [6.07, 6.45) is 0. The van der Waals surface area contributed by atoms with Crippen LogP contribution in [0.25, 0.3) is 17.1 Å². The maximum absolute atomic E-state index is 6.24. The van der Waals surface area contributed by atoms with Crippen molar-refractivity contribution in [3.05, 3.63) is 47.5 Å². The number of para-hydroxylation sites is 1. The summed E-state index contributed by atoms with van der Waals surface area (Å²) >= 11 is 6.24. The standard InChI is InChI=1S/C14H12ClN5O/c1-21-9-6-7-11(15)13(8-9)20-14(17-18-19-20)10-4-2-3-5-12(10)16/h2-8H,16H2,1H3. The summed E-state index contributed by atoms with van der Waals surface area (Å²) in [6, 6.07) is 12.6. The van der Waals surface area contributed by atoms with E-state index in [1.54, 1.807) is 31.4 Å².